The summed E-state index contributed by atoms with van der Waals surface area (Å²) in [5, 5.41) is 3.50. The van der Waals surface area contributed by atoms with Crippen molar-refractivity contribution in [2.24, 2.45) is 0 Å². The number of hydrogen-bond acceptors (Lipinski definition) is 6. The van der Waals surface area contributed by atoms with Crippen LogP contribution in [0.4, 0.5) is 11.8 Å². The fourth-order valence-corrected chi connectivity index (χ4v) is 3.21. The van der Waals surface area contributed by atoms with Crippen LogP contribution in [0.25, 0.3) is 0 Å². The van der Waals surface area contributed by atoms with Crippen LogP contribution >= 0.6 is 0 Å². The van der Waals surface area contributed by atoms with Crippen LogP contribution in [0.1, 0.15) is 38.8 Å². The number of aryl methyl sites for hydroxylation is 1. The summed E-state index contributed by atoms with van der Waals surface area (Å²) in [5.74, 6) is 1.75. The third-order valence-electron chi connectivity index (χ3n) is 4.51. The number of rotatable bonds is 6. The summed E-state index contributed by atoms with van der Waals surface area (Å²) in [4.78, 5) is 11.8. The third kappa shape index (κ3) is 4.12. The van der Waals surface area contributed by atoms with E-state index in [0.717, 1.165) is 37.0 Å². The van der Waals surface area contributed by atoms with Crippen LogP contribution in [-0.4, -0.2) is 55.0 Å². The van der Waals surface area contributed by atoms with E-state index in [1.807, 2.05) is 6.92 Å². The van der Waals surface area contributed by atoms with Crippen LogP contribution in [0.15, 0.2) is 6.07 Å². The summed E-state index contributed by atoms with van der Waals surface area (Å²) < 4.78 is 11.3. The summed E-state index contributed by atoms with van der Waals surface area (Å²) in [5.41, 5.74) is 1.08. The first-order chi connectivity index (χ1) is 11.3. The van der Waals surface area contributed by atoms with E-state index >= 15 is 0 Å². The molecule has 23 heavy (non-hydrogen) atoms. The summed E-state index contributed by atoms with van der Waals surface area (Å²) in [6.07, 6.45) is 4.77. The second-order valence-corrected chi connectivity index (χ2v) is 6.23. The van der Waals surface area contributed by atoms with Gasteiger partial charge in [0.2, 0.25) is 5.95 Å². The smallest absolute Gasteiger partial charge is 0.227 e. The zero-order valence-corrected chi connectivity index (χ0v) is 14.3. The molecule has 1 N–H and O–H groups in total. The molecule has 0 amide bonds. The molecule has 1 aromatic heterocycles. The highest BCUT2D eigenvalue weighted by atomic mass is 16.5. The fourth-order valence-electron chi connectivity index (χ4n) is 3.21. The molecule has 0 spiro atoms. The normalized spacial score (nSPS) is 24.9. The Bertz CT molecular complexity index is 505. The van der Waals surface area contributed by atoms with Gasteiger partial charge in [-0.25, -0.2) is 4.98 Å². The van der Waals surface area contributed by atoms with Gasteiger partial charge in [0.25, 0.3) is 0 Å². The van der Waals surface area contributed by atoms with Gasteiger partial charge in [0, 0.05) is 31.5 Å². The minimum atomic E-state index is 0.0958. The molecule has 0 aliphatic carbocycles. The molecule has 2 aliphatic heterocycles. The van der Waals surface area contributed by atoms with E-state index in [1.54, 1.807) is 0 Å². The van der Waals surface area contributed by atoms with Crippen molar-refractivity contribution in [1.82, 2.24) is 9.97 Å². The van der Waals surface area contributed by atoms with E-state index < -0.39 is 0 Å². The van der Waals surface area contributed by atoms with Gasteiger partial charge in [-0.05, 0) is 32.6 Å². The molecule has 2 atom stereocenters. The maximum atomic E-state index is 5.75. The first kappa shape index (κ1) is 16.5. The maximum absolute atomic E-state index is 5.75. The molecule has 2 saturated heterocycles. The number of hydrogen-bond donors (Lipinski definition) is 1. The summed E-state index contributed by atoms with van der Waals surface area (Å²) in [6, 6.07) is 2.21. The Morgan fingerprint density at radius 2 is 2.04 bits per heavy atom. The van der Waals surface area contributed by atoms with Gasteiger partial charge < -0.3 is 19.7 Å². The maximum Gasteiger partial charge on any atom is 0.227 e. The predicted molar refractivity (Wildman–Crippen MR) is 91.1 cm³/mol. The molecule has 3 heterocycles. The van der Waals surface area contributed by atoms with Gasteiger partial charge in [-0.2, -0.15) is 4.98 Å². The SMILES string of the molecule is CCO[C@H]1COC[C@@H]1Nc1cc(CC)nc(N2CCCCC2)n1. The lowest BCUT2D eigenvalue weighted by Gasteiger charge is -2.27. The number of nitrogens with one attached hydrogen (secondary N) is 1. The Balaban J connectivity index is 1.75. The van der Waals surface area contributed by atoms with Gasteiger partial charge >= 0.3 is 0 Å². The van der Waals surface area contributed by atoms with Crippen molar-refractivity contribution in [2.75, 3.05) is 43.1 Å². The molecule has 0 radical (unpaired) electrons. The van der Waals surface area contributed by atoms with Crippen LogP contribution in [0, 0.1) is 0 Å². The average molecular weight is 320 g/mol. The zero-order valence-electron chi connectivity index (χ0n) is 14.3. The summed E-state index contributed by atoms with van der Waals surface area (Å²) in [6.45, 7) is 8.28. The molecular weight excluding hydrogens is 292 g/mol. The van der Waals surface area contributed by atoms with Crippen LogP contribution in [0.5, 0.6) is 0 Å². The van der Waals surface area contributed by atoms with Crippen LogP contribution in [-0.2, 0) is 15.9 Å². The predicted octanol–water partition coefficient (Wildman–Crippen LogP) is 2.25. The van der Waals surface area contributed by atoms with Crippen LogP contribution < -0.4 is 10.2 Å². The highest BCUT2D eigenvalue weighted by Gasteiger charge is 2.29. The van der Waals surface area contributed by atoms with Crippen molar-refractivity contribution < 1.29 is 9.47 Å². The molecular formula is C17H28N4O2. The Kier molecular flexibility index (Phi) is 5.67. The lowest BCUT2D eigenvalue weighted by molar-refractivity contribution is 0.0478. The van der Waals surface area contributed by atoms with Crippen LogP contribution in [0.3, 0.4) is 0 Å². The van der Waals surface area contributed by atoms with E-state index in [1.165, 1.54) is 19.3 Å². The van der Waals surface area contributed by atoms with Crippen LogP contribution in [0.2, 0.25) is 0 Å². The first-order valence-electron chi connectivity index (χ1n) is 8.89. The van der Waals surface area contributed by atoms with Crippen molar-refractivity contribution in [2.45, 2.75) is 51.7 Å². The van der Waals surface area contributed by atoms with Gasteiger partial charge in [-0.1, -0.05) is 6.92 Å². The highest BCUT2D eigenvalue weighted by Crippen LogP contribution is 2.21. The number of ether oxygens (including phenoxy) is 2. The molecule has 2 aliphatic rings. The van der Waals surface area contributed by atoms with Crippen molar-refractivity contribution >= 4 is 11.8 Å². The van der Waals surface area contributed by atoms with Crippen molar-refractivity contribution in [1.29, 1.82) is 0 Å². The molecule has 1 aromatic rings. The minimum absolute atomic E-state index is 0.0958. The fraction of sp³-hybridized carbons (Fsp3) is 0.765. The highest BCUT2D eigenvalue weighted by molar-refractivity contribution is 5.45. The monoisotopic (exact) mass is 320 g/mol. The molecule has 3 rings (SSSR count). The molecule has 0 unspecified atom stereocenters. The second kappa shape index (κ2) is 7.93. The third-order valence-corrected chi connectivity index (χ3v) is 4.51. The first-order valence-corrected chi connectivity index (χ1v) is 8.89. The molecule has 2 fully saturated rings. The van der Waals surface area contributed by atoms with E-state index in [-0.39, 0.29) is 12.1 Å². The van der Waals surface area contributed by atoms with Crippen molar-refractivity contribution in [3.8, 4) is 0 Å². The number of nitrogens with zero attached hydrogens (tertiary/aromatic N) is 3. The average Bonchev–Trinajstić information content (AvgIpc) is 3.02. The van der Waals surface area contributed by atoms with E-state index in [4.69, 9.17) is 19.4 Å². The molecule has 128 valence electrons. The topological polar surface area (TPSA) is 59.5 Å². The van der Waals surface area contributed by atoms with Gasteiger partial charge in [-0.3, -0.25) is 0 Å². The Morgan fingerprint density at radius 1 is 1.22 bits per heavy atom. The lowest BCUT2D eigenvalue weighted by Crippen LogP contribution is -2.35. The summed E-state index contributed by atoms with van der Waals surface area (Å²) in [7, 11) is 0. The minimum Gasteiger partial charge on any atom is -0.376 e. The van der Waals surface area contributed by atoms with E-state index in [9.17, 15) is 0 Å². The largest absolute Gasteiger partial charge is 0.376 e. The van der Waals surface area contributed by atoms with Gasteiger partial charge in [-0.15, -0.1) is 0 Å². The summed E-state index contributed by atoms with van der Waals surface area (Å²) >= 11 is 0. The molecule has 0 bridgehead atoms. The van der Waals surface area contributed by atoms with E-state index in [2.05, 4.69) is 23.2 Å². The number of anilines is 2. The Hall–Kier alpha value is -1.40. The molecule has 0 saturated carbocycles. The standard InChI is InChI=1S/C17H28N4O2/c1-3-13-10-16(19-14-11-22-12-15(14)23-4-2)20-17(18-13)21-8-6-5-7-9-21/h10,14-15H,3-9,11-12H2,1-2H3,(H,18,19,20)/t14-,15-/m0/s1. The Morgan fingerprint density at radius 3 is 2.78 bits per heavy atom. The lowest BCUT2D eigenvalue weighted by atomic mass is 10.1. The van der Waals surface area contributed by atoms with Gasteiger partial charge in [0.15, 0.2) is 0 Å². The van der Waals surface area contributed by atoms with Gasteiger partial charge in [0.05, 0.1) is 19.3 Å². The number of aromatic nitrogens is 2. The molecule has 6 heteroatoms. The van der Waals surface area contributed by atoms with Crippen molar-refractivity contribution in [3.63, 3.8) is 0 Å². The molecule has 6 nitrogen and oxygen atoms in total. The van der Waals surface area contributed by atoms with Gasteiger partial charge in [0.1, 0.15) is 11.9 Å². The zero-order chi connectivity index (χ0) is 16.1. The molecule has 0 aromatic carbocycles. The number of piperidine rings is 1. The second-order valence-electron chi connectivity index (χ2n) is 6.23. The van der Waals surface area contributed by atoms with Crippen molar-refractivity contribution in [3.05, 3.63) is 11.8 Å². The Labute approximate surface area is 138 Å². The quantitative estimate of drug-likeness (QED) is 0.867. The van der Waals surface area contributed by atoms with E-state index in [0.29, 0.717) is 19.8 Å².